The standard InChI is InChI=1S/C24H38N2O6/c1-10-30-20(28)24(8,9)26-19(27)18(25-21(29)32-23(5,6)7)15-16-11-13-17(14-12-16)31-22(2,3)4/h11-14,18H,10,15H2,1-9H3,(H,25,29)(H,26,27)/t18-/m0/s1. The molecule has 0 unspecified atom stereocenters. The number of hydrogen-bond acceptors (Lipinski definition) is 6. The largest absolute Gasteiger partial charge is 0.488 e. The van der Waals surface area contributed by atoms with Crippen molar-refractivity contribution < 1.29 is 28.6 Å². The molecular formula is C24H38N2O6. The van der Waals surface area contributed by atoms with E-state index < -0.39 is 35.2 Å². The summed E-state index contributed by atoms with van der Waals surface area (Å²) in [5.41, 5.74) is -1.51. The number of rotatable bonds is 8. The molecule has 180 valence electrons. The van der Waals surface area contributed by atoms with Gasteiger partial charge in [0.15, 0.2) is 0 Å². The number of ether oxygens (including phenoxy) is 3. The molecule has 0 bridgehead atoms. The van der Waals surface area contributed by atoms with Crippen LogP contribution in [0.2, 0.25) is 0 Å². The van der Waals surface area contributed by atoms with Crippen LogP contribution in [0.5, 0.6) is 5.75 Å². The normalized spacial score (nSPS) is 13.0. The quantitative estimate of drug-likeness (QED) is 0.585. The number of carbonyl (C=O) groups excluding carboxylic acids is 3. The number of amides is 2. The third kappa shape index (κ3) is 10.0. The van der Waals surface area contributed by atoms with Crippen molar-refractivity contribution >= 4 is 18.0 Å². The van der Waals surface area contributed by atoms with Gasteiger partial charge >= 0.3 is 12.1 Å². The van der Waals surface area contributed by atoms with Gasteiger partial charge in [0, 0.05) is 6.42 Å². The summed E-state index contributed by atoms with van der Waals surface area (Å²) < 4.78 is 16.2. The Balaban J connectivity index is 3.03. The smallest absolute Gasteiger partial charge is 0.408 e. The minimum atomic E-state index is -1.26. The molecule has 32 heavy (non-hydrogen) atoms. The van der Waals surface area contributed by atoms with Gasteiger partial charge < -0.3 is 24.8 Å². The predicted octanol–water partition coefficient (Wildman–Crippen LogP) is 3.76. The van der Waals surface area contributed by atoms with E-state index in [0.717, 1.165) is 5.56 Å². The molecule has 8 heteroatoms. The highest BCUT2D eigenvalue weighted by Gasteiger charge is 2.34. The number of esters is 1. The third-order valence-corrected chi connectivity index (χ3v) is 4.02. The van der Waals surface area contributed by atoms with Crippen molar-refractivity contribution in [2.75, 3.05) is 6.61 Å². The Morgan fingerprint density at radius 3 is 1.94 bits per heavy atom. The van der Waals surface area contributed by atoms with Gasteiger partial charge in [-0.2, -0.15) is 0 Å². The van der Waals surface area contributed by atoms with Gasteiger partial charge in [-0.25, -0.2) is 9.59 Å². The van der Waals surface area contributed by atoms with E-state index in [2.05, 4.69) is 10.6 Å². The lowest BCUT2D eigenvalue weighted by atomic mass is 10.0. The van der Waals surface area contributed by atoms with Gasteiger partial charge in [0.25, 0.3) is 0 Å². The molecule has 1 aromatic rings. The van der Waals surface area contributed by atoms with Crippen LogP contribution in [0.15, 0.2) is 24.3 Å². The lowest BCUT2D eigenvalue weighted by Gasteiger charge is -2.28. The summed E-state index contributed by atoms with van der Waals surface area (Å²) in [5.74, 6) is -0.386. The Kier molecular flexibility index (Phi) is 9.12. The summed E-state index contributed by atoms with van der Waals surface area (Å²) >= 11 is 0. The highest BCUT2D eigenvalue weighted by molar-refractivity contribution is 5.91. The Bertz CT molecular complexity index is 788. The van der Waals surface area contributed by atoms with Crippen molar-refractivity contribution in [1.82, 2.24) is 10.6 Å². The first kappa shape index (κ1) is 27.3. The molecule has 0 aliphatic carbocycles. The first-order valence-electron chi connectivity index (χ1n) is 10.8. The minimum absolute atomic E-state index is 0.194. The van der Waals surface area contributed by atoms with E-state index >= 15 is 0 Å². The van der Waals surface area contributed by atoms with Crippen LogP contribution in [0.4, 0.5) is 4.79 Å². The van der Waals surface area contributed by atoms with Crippen molar-refractivity contribution in [3.05, 3.63) is 29.8 Å². The van der Waals surface area contributed by atoms with Crippen molar-refractivity contribution in [3.8, 4) is 5.75 Å². The van der Waals surface area contributed by atoms with Crippen molar-refractivity contribution in [3.63, 3.8) is 0 Å². The summed E-state index contributed by atoms with van der Waals surface area (Å²) in [7, 11) is 0. The molecule has 0 aromatic heterocycles. The van der Waals surface area contributed by atoms with Crippen LogP contribution in [-0.4, -0.2) is 47.4 Å². The zero-order valence-corrected chi connectivity index (χ0v) is 20.8. The maximum atomic E-state index is 13.0. The van der Waals surface area contributed by atoms with Gasteiger partial charge in [-0.05, 0) is 80.0 Å². The van der Waals surface area contributed by atoms with Crippen LogP contribution in [-0.2, 0) is 25.5 Å². The first-order valence-corrected chi connectivity index (χ1v) is 10.8. The molecule has 0 aliphatic rings. The van der Waals surface area contributed by atoms with Gasteiger partial charge in [0.1, 0.15) is 28.5 Å². The monoisotopic (exact) mass is 450 g/mol. The Hall–Kier alpha value is -2.77. The average Bonchev–Trinajstić information content (AvgIpc) is 2.59. The average molecular weight is 451 g/mol. The second-order valence-corrected chi connectivity index (χ2v) is 10.1. The molecule has 0 aliphatic heterocycles. The molecule has 0 fully saturated rings. The fourth-order valence-electron chi connectivity index (χ4n) is 2.70. The Morgan fingerprint density at radius 2 is 1.47 bits per heavy atom. The van der Waals surface area contributed by atoms with Crippen LogP contribution < -0.4 is 15.4 Å². The van der Waals surface area contributed by atoms with Gasteiger partial charge in [0.2, 0.25) is 5.91 Å². The van der Waals surface area contributed by atoms with Gasteiger partial charge in [-0.3, -0.25) is 4.79 Å². The lowest BCUT2D eigenvalue weighted by molar-refractivity contribution is -0.152. The number of benzene rings is 1. The minimum Gasteiger partial charge on any atom is -0.488 e. The number of hydrogen-bond donors (Lipinski definition) is 2. The Labute approximate surface area is 191 Å². The van der Waals surface area contributed by atoms with Crippen LogP contribution in [0, 0.1) is 0 Å². The number of nitrogens with one attached hydrogen (secondary N) is 2. The fourth-order valence-corrected chi connectivity index (χ4v) is 2.70. The van der Waals surface area contributed by atoms with Crippen molar-refractivity contribution in [2.45, 2.75) is 91.5 Å². The van der Waals surface area contributed by atoms with Crippen LogP contribution in [0.25, 0.3) is 0 Å². The van der Waals surface area contributed by atoms with E-state index in [4.69, 9.17) is 14.2 Å². The summed E-state index contributed by atoms with van der Waals surface area (Å²) in [6.07, 6.45) is -0.529. The van der Waals surface area contributed by atoms with E-state index in [9.17, 15) is 14.4 Å². The van der Waals surface area contributed by atoms with Crippen LogP contribution in [0.3, 0.4) is 0 Å². The molecule has 1 aromatic carbocycles. The van der Waals surface area contributed by atoms with Crippen LogP contribution >= 0.6 is 0 Å². The van der Waals surface area contributed by atoms with E-state index in [0.29, 0.717) is 5.75 Å². The van der Waals surface area contributed by atoms with Gasteiger partial charge in [-0.1, -0.05) is 12.1 Å². The van der Waals surface area contributed by atoms with Crippen molar-refractivity contribution in [2.24, 2.45) is 0 Å². The number of carbonyl (C=O) groups is 3. The lowest BCUT2D eigenvalue weighted by Crippen LogP contribution is -2.57. The number of alkyl carbamates (subject to hydrolysis) is 1. The van der Waals surface area contributed by atoms with E-state index in [1.165, 1.54) is 0 Å². The topological polar surface area (TPSA) is 103 Å². The zero-order chi connectivity index (χ0) is 24.7. The first-order chi connectivity index (χ1) is 14.5. The summed E-state index contributed by atoms with van der Waals surface area (Å²) in [6.45, 7) is 16.1. The molecule has 2 amide bonds. The molecular weight excluding hydrogens is 412 g/mol. The molecule has 0 saturated carbocycles. The van der Waals surface area contributed by atoms with Crippen LogP contribution in [0.1, 0.15) is 67.9 Å². The predicted molar refractivity (Wildman–Crippen MR) is 123 cm³/mol. The molecule has 0 saturated heterocycles. The molecule has 0 spiro atoms. The van der Waals surface area contributed by atoms with E-state index in [1.807, 2.05) is 45.0 Å². The summed E-state index contributed by atoms with van der Waals surface area (Å²) in [5, 5.41) is 5.28. The molecule has 1 atom stereocenters. The molecule has 0 radical (unpaired) electrons. The second-order valence-electron chi connectivity index (χ2n) is 10.1. The maximum Gasteiger partial charge on any atom is 0.408 e. The second kappa shape index (κ2) is 10.7. The summed E-state index contributed by atoms with van der Waals surface area (Å²) in [4.78, 5) is 37.5. The third-order valence-electron chi connectivity index (χ3n) is 4.02. The van der Waals surface area contributed by atoms with Gasteiger partial charge in [0.05, 0.1) is 6.61 Å². The molecule has 1 rings (SSSR count). The van der Waals surface area contributed by atoms with E-state index in [1.54, 1.807) is 41.5 Å². The Morgan fingerprint density at radius 1 is 0.906 bits per heavy atom. The SMILES string of the molecule is CCOC(=O)C(C)(C)NC(=O)[C@H](Cc1ccc(OC(C)(C)C)cc1)NC(=O)OC(C)(C)C. The molecule has 2 N–H and O–H groups in total. The van der Waals surface area contributed by atoms with Crippen molar-refractivity contribution in [1.29, 1.82) is 0 Å². The zero-order valence-electron chi connectivity index (χ0n) is 20.8. The van der Waals surface area contributed by atoms with Gasteiger partial charge in [-0.15, -0.1) is 0 Å². The fraction of sp³-hybridized carbons (Fsp3) is 0.625. The highest BCUT2D eigenvalue weighted by atomic mass is 16.6. The molecule has 8 nitrogen and oxygen atoms in total. The molecule has 0 heterocycles. The highest BCUT2D eigenvalue weighted by Crippen LogP contribution is 2.19. The van der Waals surface area contributed by atoms with E-state index in [-0.39, 0.29) is 18.6 Å². The maximum absolute atomic E-state index is 13.0. The summed E-state index contributed by atoms with van der Waals surface area (Å²) in [6, 6.07) is 6.31.